The fraction of sp³-hybridized carbons (Fsp3) is 0.385. The van der Waals surface area contributed by atoms with Crippen LogP contribution in [0.15, 0.2) is 17.1 Å². The monoisotopic (exact) mass is 280 g/mol. The number of methoxy groups -OCH3 is 1. The number of ether oxygens (including phenoxy) is 2. The topological polar surface area (TPSA) is 71.7 Å². The van der Waals surface area contributed by atoms with E-state index in [4.69, 9.17) is 26.3 Å². The fourth-order valence-electron chi connectivity index (χ4n) is 1.50. The van der Waals surface area contributed by atoms with Crippen LogP contribution >= 0.6 is 11.6 Å². The highest BCUT2D eigenvalue weighted by Gasteiger charge is 2.11. The summed E-state index contributed by atoms with van der Waals surface area (Å²) in [6.07, 6.45) is 2.50. The molecule has 0 aliphatic heterocycles. The van der Waals surface area contributed by atoms with Crippen LogP contribution in [0.5, 0.6) is 5.75 Å². The highest BCUT2D eigenvalue weighted by atomic mass is 35.5. The van der Waals surface area contributed by atoms with Gasteiger partial charge in [0.2, 0.25) is 6.08 Å². The van der Waals surface area contributed by atoms with Gasteiger partial charge in [0, 0.05) is 19.1 Å². The van der Waals surface area contributed by atoms with Crippen molar-refractivity contribution in [3.8, 4) is 11.8 Å². The van der Waals surface area contributed by atoms with E-state index in [0.717, 1.165) is 0 Å². The Morgan fingerprint density at radius 2 is 2.26 bits per heavy atom. The quantitative estimate of drug-likeness (QED) is 0.437. The number of nitriles is 1. The predicted octanol–water partition coefficient (Wildman–Crippen LogP) is 3.14. The number of carbonyl (C=O) groups excluding carboxylic acids is 1. The second kappa shape index (κ2) is 8.28. The number of isocyanates is 1. The first-order valence-corrected chi connectivity index (χ1v) is 5.99. The average molecular weight is 281 g/mol. The zero-order valence-corrected chi connectivity index (χ0v) is 11.2. The van der Waals surface area contributed by atoms with Crippen LogP contribution in [-0.2, 0) is 16.1 Å². The summed E-state index contributed by atoms with van der Waals surface area (Å²) in [6, 6.07) is 5.21. The van der Waals surface area contributed by atoms with Crippen LogP contribution in [0.3, 0.4) is 0 Å². The van der Waals surface area contributed by atoms with Crippen molar-refractivity contribution >= 4 is 23.4 Å². The SMILES string of the molecule is COCc1cc(N=C=O)cc(Cl)c1OCCCC#N. The van der Waals surface area contributed by atoms with Gasteiger partial charge in [-0.2, -0.15) is 10.3 Å². The molecule has 100 valence electrons. The van der Waals surface area contributed by atoms with E-state index < -0.39 is 0 Å². The third-order valence-corrected chi connectivity index (χ3v) is 2.54. The maximum atomic E-state index is 10.3. The normalized spacial score (nSPS) is 9.53. The second-order valence-corrected chi connectivity index (χ2v) is 4.07. The van der Waals surface area contributed by atoms with E-state index in [1.54, 1.807) is 13.2 Å². The molecular formula is C13H13ClN2O3. The molecule has 0 saturated carbocycles. The van der Waals surface area contributed by atoms with Crippen LogP contribution in [-0.4, -0.2) is 19.8 Å². The molecule has 6 heteroatoms. The first-order chi connectivity index (χ1) is 9.22. The Bertz CT molecular complexity index is 519. The van der Waals surface area contributed by atoms with Gasteiger partial charge in [-0.15, -0.1) is 0 Å². The van der Waals surface area contributed by atoms with Crippen molar-refractivity contribution in [2.45, 2.75) is 19.4 Å². The molecule has 0 radical (unpaired) electrons. The summed E-state index contributed by atoms with van der Waals surface area (Å²) in [6.45, 7) is 0.676. The third-order valence-electron chi connectivity index (χ3n) is 2.26. The van der Waals surface area contributed by atoms with Crippen LogP contribution in [0.2, 0.25) is 5.02 Å². The standard InChI is InChI=1S/C13H13ClN2O3/c1-18-8-10-6-11(16-9-17)7-12(14)13(10)19-5-3-2-4-15/h6-7H,2-3,5,8H2,1H3. The van der Waals surface area contributed by atoms with Gasteiger partial charge in [0.25, 0.3) is 0 Å². The zero-order chi connectivity index (χ0) is 14.1. The van der Waals surface area contributed by atoms with Gasteiger partial charge in [0.05, 0.1) is 30.0 Å². The lowest BCUT2D eigenvalue weighted by molar-refractivity contribution is 0.179. The minimum absolute atomic E-state index is 0.287. The fourth-order valence-corrected chi connectivity index (χ4v) is 1.79. The third kappa shape index (κ3) is 4.72. The number of hydrogen-bond acceptors (Lipinski definition) is 5. The molecule has 0 N–H and O–H groups in total. The molecular weight excluding hydrogens is 268 g/mol. The van der Waals surface area contributed by atoms with Crippen molar-refractivity contribution in [1.29, 1.82) is 5.26 Å². The molecule has 0 spiro atoms. The number of benzene rings is 1. The first-order valence-electron chi connectivity index (χ1n) is 5.62. The number of unbranched alkanes of at least 4 members (excludes halogenated alkanes) is 1. The van der Waals surface area contributed by atoms with E-state index >= 15 is 0 Å². The molecule has 0 amide bonds. The summed E-state index contributed by atoms with van der Waals surface area (Å²) >= 11 is 6.08. The van der Waals surface area contributed by atoms with Crippen molar-refractivity contribution in [2.24, 2.45) is 4.99 Å². The van der Waals surface area contributed by atoms with E-state index in [-0.39, 0.29) is 6.61 Å². The Balaban J connectivity index is 2.94. The maximum absolute atomic E-state index is 10.3. The van der Waals surface area contributed by atoms with Crippen molar-refractivity contribution in [1.82, 2.24) is 0 Å². The van der Waals surface area contributed by atoms with Gasteiger partial charge in [0.1, 0.15) is 5.75 Å². The lowest BCUT2D eigenvalue weighted by Gasteiger charge is -2.13. The first kappa shape index (κ1) is 15.2. The molecule has 1 aromatic carbocycles. The van der Waals surface area contributed by atoms with Gasteiger partial charge in [-0.3, -0.25) is 0 Å². The Kier molecular flexibility index (Phi) is 6.62. The average Bonchev–Trinajstić information content (AvgIpc) is 2.38. The van der Waals surface area contributed by atoms with E-state index in [0.29, 0.717) is 41.5 Å². The zero-order valence-electron chi connectivity index (χ0n) is 10.5. The number of aliphatic imine (C=N–C) groups is 1. The molecule has 1 aromatic rings. The van der Waals surface area contributed by atoms with E-state index in [9.17, 15) is 4.79 Å². The number of rotatable bonds is 7. The van der Waals surface area contributed by atoms with Gasteiger partial charge >= 0.3 is 0 Å². The summed E-state index contributed by atoms with van der Waals surface area (Å²) in [5.41, 5.74) is 1.09. The second-order valence-electron chi connectivity index (χ2n) is 3.66. The van der Waals surface area contributed by atoms with Gasteiger partial charge < -0.3 is 9.47 Å². The van der Waals surface area contributed by atoms with Crippen molar-refractivity contribution in [3.05, 3.63) is 22.7 Å². The highest BCUT2D eigenvalue weighted by molar-refractivity contribution is 6.32. The molecule has 0 aliphatic carbocycles. The van der Waals surface area contributed by atoms with E-state index in [1.807, 2.05) is 6.07 Å². The van der Waals surface area contributed by atoms with Gasteiger partial charge in [-0.1, -0.05) is 11.6 Å². The van der Waals surface area contributed by atoms with Crippen molar-refractivity contribution < 1.29 is 14.3 Å². The largest absolute Gasteiger partial charge is 0.492 e. The van der Waals surface area contributed by atoms with Gasteiger partial charge in [-0.25, -0.2) is 4.79 Å². The summed E-state index contributed by atoms with van der Waals surface area (Å²) in [5.74, 6) is 0.492. The highest BCUT2D eigenvalue weighted by Crippen LogP contribution is 2.34. The van der Waals surface area contributed by atoms with Crippen LogP contribution in [0, 0.1) is 11.3 Å². The summed E-state index contributed by atoms with van der Waals surface area (Å²) in [7, 11) is 1.54. The molecule has 1 rings (SSSR count). The molecule has 19 heavy (non-hydrogen) atoms. The lowest BCUT2D eigenvalue weighted by Crippen LogP contribution is -2.01. The van der Waals surface area contributed by atoms with Gasteiger partial charge in [-0.05, 0) is 18.6 Å². The Morgan fingerprint density at radius 3 is 2.89 bits per heavy atom. The Labute approximate surface area is 116 Å². The van der Waals surface area contributed by atoms with Crippen LogP contribution in [0.25, 0.3) is 0 Å². The number of hydrogen-bond donors (Lipinski definition) is 0. The molecule has 0 unspecified atom stereocenters. The summed E-state index contributed by atoms with van der Waals surface area (Å²) < 4.78 is 10.6. The molecule has 0 atom stereocenters. The minimum atomic E-state index is 0.287. The molecule has 0 saturated heterocycles. The predicted molar refractivity (Wildman–Crippen MR) is 70.3 cm³/mol. The van der Waals surface area contributed by atoms with Gasteiger partial charge in [0.15, 0.2) is 0 Å². The van der Waals surface area contributed by atoms with Crippen LogP contribution < -0.4 is 4.74 Å². The number of halogens is 1. The Hall–Kier alpha value is -1.86. The molecule has 0 aliphatic rings. The number of nitrogens with zero attached hydrogens (tertiary/aromatic N) is 2. The molecule has 5 nitrogen and oxygen atoms in total. The van der Waals surface area contributed by atoms with Crippen molar-refractivity contribution in [3.63, 3.8) is 0 Å². The molecule has 0 aromatic heterocycles. The lowest BCUT2D eigenvalue weighted by atomic mass is 10.2. The Morgan fingerprint density at radius 1 is 1.47 bits per heavy atom. The van der Waals surface area contributed by atoms with E-state index in [1.165, 1.54) is 12.1 Å². The summed E-state index contributed by atoms with van der Waals surface area (Å²) in [4.78, 5) is 13.8. The summed E-state index contributed by atoms with van der Waals surface area (Å²) in [5, 5.41) is 8.80. The van der Waals surface area contributed by atoms with Crippen molar-refractivity contribution in [2.75, 3.05) is 13.7 Å². The van der Waals surface area contributed by atoms with Crippen LogP contribution in [0.4, 0.5) is 5.69 Å². The maximum Gasteiger partial charge on any atom is 0.240 e. The minimum Gasteiger partial charge on any atom is -0.492 e. The molecule has 0 heterocycles. The molecule has 0 bridgehead atoms. The van der Waals surface area contributed by atoms with Crippen LogP contribution in [0.1, 0.15) is 18.4 Å². The smallest absolute Gasteiger partial charge is 0.240 e. The molecule has 0 fully saturated rings. The van der Waals surface area contributed by atoms with E-state index in [2.05, 4.69) is 4.99 Å².